The molecule has 0 atom stereocenters. The van der Waals surface area contributed by atoms with Crippen molar-refractivity contribution in [1.29, 1.82) is 0 Å². The Kier molecular flexibility index (Phi) is 3.88. The van der Waals surface area contributed by atoms with Gasteiger partial charge in [-0.2, -0.15) is 12.6 Å². The van der Waals surface area contributed by atoms with Crippen molar-refractivity contribution in [2.75, 3.05) is 5.75 Å². The summed E-state index contributed by atoms with van der Waals surface area (Å²) in [5, 5.41) is 1.14. The highest BCUT2D eigenvalue weighted by molar-refractivity contribution is 7.80. The number of hydrogen-bond donors (Lipinski definition) is 1. The standard InChI is InChI=1S/C17H21NOS/c19-16-9-8-14-6-2-3-7-15(14)18(16)12-17(13-20)10-4-1-5-11-17/h2-3,6-9,20H,1,4-5,10-13H2. The van der Waals surface area contributed by atoms with E-state index >= 15 is 0 Å². The maximum atomic E-state index is 12.3. The molecule has 0 aliphatic heterocycles. The number of aromatic nitrogens is 1. The predicted molar refractivity (Wildman–Crippen MR) is 87.6 cm³/mol. The van der Waals surface area contributed by atoms with Gasteiger partial charge in [-0.3, -0.25) is 4.79 Å². The van der Waals surface area contributed by atoms with Gasteiger partial charge in [0.15, 0.2) is 0 Å². The van der Waals surface area contributed by atoms with Crippen LogP contribution in [0.5, 0.6) is 0 Å². The Morgan fingerprint density at radius 2 is 1.80 bits per heavy atom. The SMILES string of the molecule is O=c1ccc2ccccc2n1CC1(CS)CCCCC1. The van der Waals surface area contributed by atoms with Crippen molar-refractivity contribution >= 4 is 23.5 Å². The summed E-state index contributed by atoms with van der Waals surface area (Å²) in [5.74, 6) is 0.864. The number of pyridine rings is 1. The third-order valence-electron chi connectivity index (χ3n) is 4.64. The molecule has 1 aliphatic carbocycles. The maximum absolute atomic E-state index is 12.3. The van der Waals surface area contributed by atoms with Gasteiger partial charge in [-0.15, -0.1) is 0 Å². The van der Waals surface area contributed by atoms with Crippen LogP contribution in [0.4, 0.5) is 0 Å². The van der Waals surface area contributed by atoms with Crippen LogP contribution in [-0.2, 0) is 6.54 Å². The van der Waals surface area contributed by atoms with E-state index in [4.69, 9.17) is 0 Å². The van der Waals surface area contributed by atoms with E-state index in [-0.39, 0.29) is 11.0 Å². The molecule has 0 saturated heterocycles. The lowest BCUT2D eigenvalue weighted by atomic mass is 9.75. The molecule has 0 unspecified atom stereocenters. The highest BCUT2D eigenvalue weighted by atomic mass is 32.1. The van der Waals surface area contributed by atoms with Gasteiger partial charge >= 0.3 is 0 Å². The van der Waals surface area contributed by atoms with Crippen LogP contribution < -0.4 is 5.56 Å². The number of rotatable bonds is 3. The molecule has 2 aromatic rings. The van der Waals surface area contributed by atoms with Crippen LogP contribution in [0.3, 0.4) is 0 Å². The monoisotopic (exact) mass is 287 g/mol. The summed E-state index contributed by atoms with van der Waals surface area (Å²) in [6, 6.07) is 11.8. The summed E-state index contributed by atoms with van der Waals surface area (Å²) in [5.41, 5.74) is 1.34. The van der Waals surface area contributed by atoms with Crippen molar-refractivity contribution in [2.45, 2.75) is 38.6 Å². The van der Waals surface area contributed by atoms with Crippen LogP contribution in [0.1, 0.15) is 32.1 Å². The zero-order valence-electron chi connectivity index (χ0n) is 11.7. The molecule has 1 aromatic heterocycles. The highest BCUT2D eigenvalue weighted by Gasteiger charge is 2.31. The van der Waals surface area contributed by atoms with Gasteiger partial charge < -0.3 is 4.57 Å². The lowest BCUT2D eigenvalue weighted by molar-refractivity contribution is 0.190. The first-order valence-corrected chi connectivity index (χ1v) is 8.07. The van der Waals surface area contributed by atoms with Crippen molar-refractivity contribution in [3.8, 4) is 0 Å². The number of para-hydroxylation sites is 1. The Hall–Kier alpha value is -1.22. The third kappa shape index (κ3) is 2.51. The molecule has 0 bridgehead atoms. The van der Waals surface area contributed by atoms with Crippen molar-refractivity contribution in [3.05, 3.63) is 46.8 Å². The second-order valence-electron chi connectivity index (χ2n) is 6.04. The van der Waals surface area contributed by atoms with Crippen molar-refractivity contribution < 1.29 is 0 Å². The van der Waals surface area contributed by atoms with Gasteiger partial charge in [-0.05, 0) is 41.5 Å². The summed E-state index contributed by atoms with van der Waals surface area (Å²) in [6.45, 7) is 0.802. The lowest BCUT2D eigenvalue weighted by Crippen LogP contribution is -2.35. The Labute approximate surface area is 125 Å². The molecule has 106 valence electrons. The minimum Gasteiger partial charge on any atom is -0.308 e. The van der Waals surface area contributed by atoms with E-state index < -0.39 is 0 Å². The summed E-state index contributed by atoms with van der Waals surface area (Å²) in [4.78, 5) is 12.3. The van der Waals surface area contributed by atoms with E-state index in [1.807, 2.05) is 28.8 Å². The fourth-order valence-electron chi connectivity index (χ4n) is 3.41. The van der Waals surface area contributed by atoms with Crippen molar-refractivity contribution in [1.82, 2.24) is 4.57 Å². The van der Waals surface area contributed by atoms with Crippen molar-refractivity contribution in [3.63, 3.8) is 0 Å². The topological polar surface area (TPSA) is 22.0 Å². The zero-order valence-corrected chi connectivity index (χ0v) is 12.6. The van der Waals surface area contributed by atoms with Gasteiger partial charge in [0.1, 0.15) is 0 Å². The molecule has 1 aliphatic rings. The average Bonchev–Trinajstić information content (AvgIpc) is 2.51. The number of nitrogens with zero attached hydrogens (tertiary/aromatic N) is 1. The van der Waals surface area contributed by atoms with Crippen LogP contribution in [0.2, 0.25) is 0 Å². The number of fused-ring (bicyclic) bond motifs is 1. The van der Waals surface area contributed by atoms with Crippen molar-refractivity contribution in [2.24, 2.45) is 5.41 Å². The smallest absolute Gasteiger partial charge is 0.251 e. The fraction of sp³-hybridized carbons (Fsp3) is 0.471. The van der Waals surface area contributed by atoms with E-state index in [0.29, 0.717) is 0 Å². The Morgan fingerprint density at radius 3 is 2.55 bits per heavy atom. The second kappa shape index (κ2) is 5.65. The van der Waals surface area contributed by atoms with E-state index in [1.54, 1.807) is 6.07 Å². The van der Waals surface area contributed by atoms with Crippen LogP contribution in [0, 0.1) is 5.41 Å². The zero-order chi connectivity index (χ0) is 14.0. The summed E-state index contributed by atoms with van der Waals surface area (Å²) in [6.07, 6.45) is 6.22. The van der Waals surface area contributed by atoms with Gasteiger partial charge in [0.2, 0.25) is 0 Å². The quantitative estimate of drug-likeness (QED) is 0.850. The van der Waals surface area contributed by atoms with Gasteiger partial charge in [-0.25, -0.2) is 0 Å². The molecule has 0 spiro atoms. The summed E-state index contributed by atoms with van der Waals surface area (Å²) in [7, 11) is 0. The third-order valence-corrected chi connectivity index (χ3v) is 5.31. The molecule has 3 heteroatoms. The molecule has 0 radical (unpaired) electrons. The van der Waals surface area contributed by atoms with Crippen LogP contribution >= 0.6 is 12.6 Å². The van der Waals surface area contributed by atoms with Gasteiger partial charge in [0.05, 0.1) is 5.52 Å². The largest absolute Gasteiger partial charge is 0.308 e. The normalized spacial score (nSPS) is 18.2. The number of hydrogen-bond acceptors (Lipinski definition) is 2. The molecule has 2 nitrogen and oxygen atoms in total. The molecule has 0 amide bonds. The van der Waals surface area contributed by atoms with Crippen LogP contribution in [0.25, 0.3) is 10.9 Å². The number of thiol groups is 1. The lowest BCUT2D eigenvalue weighted by Gasteiger charge is -2.36. The maximum Gasteiger partial charge on any atom is 0.251 e. The van der Waals surface area contributed by atoms with Crippen LogP contribution in [0.15, 0.2) is 41.2 Å². The highest BCUT2D eigenvalue weighted by Crippen LogP contribution is 2.38. The van der Waals surface area contributed by atoms with E-state index in [9.17, 15) is 4.79 Å². The second-order valence-corrected chi connectivity index (χ2v) is 6.35. The minimum absolute atomic E-state index is 0.107. The van der Waals surface area contributed by atoms with E-state index in [0.717, 1.165) is 23.2 Å². The molecule has 1 aromatic carbocycles. The van der Waals surface area contributed by atoms with E-state index in [1.165, 1.54) is 32.1 Å². The Bertz CT molecular complexity index is 655. The van der Waals surface area contributed by atoms with Crippen LogP contribution in [-0.4, -0.2) is 10.3 Å². The minimum atomic E-state index is 0.107. The first kappa shape index (κ1) is 13.7. The first-order valence-electron chi connectivity index (χ1n) is 7.44. The van der Waals surface area contributed by atoms with Gasteiger partial charge in [-0.1, -0.05) is 37.5 Å². The predicted octanol–water partition coefficient (Wildman–Crippen LogP) is 3.88. The summed E-state index contributed by atoms with van der Waals surface area (Å²) >= 11 is 4.59. The molecular weight excluding hydrogens is 266 g/mol. The molecule has 0 N–H and O–H groups in total. The molecule has 1 fully saturated rings. The number of benzene rings is 1. The summed E-state index contributed by atoms with van der Waals surface area (Å²) < 4.78 is 1.96. The Balaban J connectivity index is 2.05. The molecule has 1 saturated carbocycles. The van der Waals surface area contributed by atoms with E-state index in [2.05, 4.69) is 18.7 Å². The molecule has 20 heavy (non-hydrogen) atoms. The van der Waals surface area contributed by atoms with Gasteiger partial charge in [0.25, 0.3) is 5.56 Å². The molecule has 3 rings (SSSR count). The Morgan fingerprint density at radius 1 is 1.05 bits per heavy atom. The molecular formula is C17H21NOS. The van der Waals surface area contributed by atoms with Gasteiger partial charge in [0, 0.05) is 12.6 Å². The average molecular weight is 287 g/mol. The molecule has 1 heterocycles. The fourth-order valence-corrected chi connectivity index (χ4v) is 3.83. The first-order chi connectivity index (χ1) is 9.74.